The molecule has 0 aromatic heterocycles. The third kappa shape index (κ3) is 8.87. The van der Waals surface area contributed by atoms with E-state index in [1.54, 1.807) is 0 Å². The van der Waals surface area contributed by atoms with Crippen LogP contribution in [-0.2, 0) is 40.2 Å². The van der Waals surface area contributed by atoms with Gasteiger partial charge in [0, 0.05) is 20.4 Å². The van der Waals surface area contributed by atoms with E-state index in [0.29, 0.717) is 0 Å². The van der Waals surface area contributed by atoms with Gasteiger partial charge >= 0.3 is 51.3 Å². The summed E-state index contributed by atoms with van der Waals surface area (Å²) in [6.07, 6.45) is 0. The van der Waals surface area contributed by atoms with E-state index < -0.39 is 0 Å². The summed E-state index contributed by atoms with van der Waals surface area (Å²) >= 11 is 1.95. The third-order valence-electron chi connectivity index (χ3n) is 0. The van der Waals surface area contributed by atoms with Crippen LogP contribution in [-0.4, -0.2) is 26.2 Å². The molecule has 0 rings (SSSR count). The predicted octanol–water partition coefficient (Wildman–Crippen LogP) is -0.605. The second-order valence-corrected chi connectivity index (χ2v) is 0. The first-order valence-corrected chi connectivity index (χ1v) is 2.42. The van der Waals surface area contributed by atoms with Crippen molar-refractivity contribution in [2.45, 2.75) is 5.31 Å². The second kappa shape index (κ2) is 18.8. The summed E-state index contributed by atoms with van der Waals surface area (Å²) in [6, 6.07) is 0. The average molecular weight is 429 g/mol. The summed E-state index contributed by atoms with van der Waals surface area (Å²) in [4.78, 5) is 0. The molecule has 0 bridgehead atoms. The number of hydrogen-bond acceptors (Lipinski definition) is 0. The fourth-order valence-corrected chi connectivity index (χ4v) is 0. The van der Waals surface area contributed by atoms with Gasteiger partial charge in [-0.25, -0.2) is 0 Å². The maximum Gasteiger partial charge on any atom is 0 e. The molecule has 0 atom stereocenters. The summed E-state index contributed by atoms with van der Waals surface area (Å²) in [6.45, 7) is 0. The van der Waals surface area contributed by atoms with Gasteiger partial charge in [0.05, 0.1) is 0 Å². The first kappa shape index (κ1) is 16.3. The molecule has 0 N–H and O–H groups in total. The zero-order valence-corrected chi connectivity index (χ0v) is 11.5. The van der Waals surface area contributed by atoms with E-state index in [1.807, 2.05) is 25.1 Å². The molecule has 0 aliphatic carbocycles. The minimum atomic E-state index is 0. The van der Waals surface area contributed by atoms with Crippen LogP contribution in [0.15, 0.2) is 0 Å². The van der Waals surface area contributed by atoms with E-state index in [9.17, 15) is 0 Å². The van der Waals surface area contributed by atoms with Crippen molar-refractivity contribution >= 4 is 26.2 Å². The first-order valence-electron chi connectivity index (χ1n) is 0.408. The van der Waals surface area contributed by atoms with Gasteiger partial charge in [-0.1, -0.05) is 0 Å². The second-order valence-electron chi connectivity index (χ2n) is 0. The molecule has 31 valence electrons. The van der Waals surface area contributed by atoms with E-state index in [4.69, 9.17) is 0 Å². The average Bonchev–Trinajstić information content (AvgIpc) is 1.00. The van der Waals surface area contributed by atoms with Crippen LogP contribution >= 0.6 is 0 Å². The molecule has 0 nitrogen and oxygen atoms in total. The largest absolute Gasteiger partial charge is 0 e. The predicted molar refractivity (Wildman–Crippen MR) is 15.8 cm³/mol. The van der Waals surface area contributed by atoms with Gasteiger partial charge in [0.2, 0.25) is 0 Å². The van der Waals surface area contributed by atoms with Gasteiger partial charge in [0.25, 0.3) is 0 Å². The molecule has 0 spiro atoms. The molecule has 3 heteroatoms. The maximum atomic E-state index is 2.01. The molecule has 0 aliphatic rings. The van der Waals surface area contributed by atoms with Crippen molar-refractivity contribution in [2.75, 3.05) is 0 Å². The minimum Gasteiger partial charge on any atom is 0 e. The molecule has 0 heterocycles. The number of hydrogen-bond donors (Lipinski definition) is 0. The molecule has 0 amide bonds. The maximum absolute atomic E-state index is 2.01. The van der Waals surface area contributed by atoms with Crippen molar-refractivity contribution in [3.8, 4) is 0 Å². The molecule has 0 aromatic carbocycles. The van der Waals surface area contributed by atoms with Crippen molar-refractivity contribution in [3.63, 3.8) is 0 Å². The van der Waals surface area contributed by atoms with Crippen LogP contribution in [0, 0.1) is 0 Å². The summed E-state index contributed by atoms with van der Waals surface area (Å²) in [5, 5.41) is 2.01. The smallest absolute Gasteiger partial charge is 0 e. The van der Waals surface area contributed by atoms with Crippen LogP contribution in [0.1, 0.15) is 0 Å². The summed E-state index contributed by atoms with van der Waals surface area (Å²) in [5.74, 6) is 0. The van der Waals surface area contributed by atoms with E-state index in [2.05, 4.69) is 0 Å². The van der Waals surface area contributed by atoms with E-state index in [-0.39, 0.29) is 46.6 Å². The normalized spacial score (nSPS) is 1.25. The van der Waals surface area contributed by atoms with Crippen molar-refractivity contribution in [1.29, 1.82) is 0 Å². The van der Waals surface area contributed by atoms with Gasteiger partial charge in [-0.3, -0.25) is 0 Å². The first-order chi connectivity index (χ1) is 1.00. The molecule has 0 unspecified atom stereocenters. The molecule has 0 aliphatic heterocycles. The molecule has 0 radical (unpaired) electrons. The van der Waals surface area contributed by atoms with Crippen molar-refractivity contribution in [3.05, 3.63) is 0 Å². The van der Waals surface area contributed by atoms with Gasteiger partial charge in [0.15, 0.2) is 0 Å². The molecular formula is CH6BiMoPd. The van der Waals surface area contributed by atoms with Gasteiger partial charge in [-0.2, -0.15) is 0 Å². The van der Waals surface area contributed by atoms with Crippen LogP contribution in [0.4, 0.5) is 0 Å². The molecular weight excluding hydrogens is 423 g/mol. The molecule has 4 heavy (non-hydrogen) atoms. The zero-order chi connectivity index (χ0) is 2.00. The Morgan fingerprint density at radius 1 is 1.25 bits per heavy atom. The van der Waals surface area contributed by atoms with E-state index in [0.717, 1.165) is 0 Å². The van der Waals surface area contributed by atoms with Crippen LogP contribution in [0.5, 0.6) is 0 Å². The Labute approximate surface area is 70.8 Å². The Morgan fingerprint density at radius 3 is 1.25 bits per heavy atom. The summed E-state index contributed by atoms with van der Waals surface area (Å²) in [7, 11) is 0. The minimum absolute atomic E-state index is 0. The molecule has 0 aromatic rings. The van der Waals surface area contributed by atoms with Gasteiger partial charge in [-0.05, 0) is 0 Å². The number of rotatable bonds is 0. The SMILES string of the molecule is [BiH3].[CH3][Mo].[Pd]. The quantitative estimate of drug-likeness (QED) is 0.451. The fraction of sp³-hybridized carbons (Fsp3) is 1.00. The van der Waals surface area contributed by atoms with Gasteiger partial charge in [-0.15, -0.1) is 0 Å². The van der Waals surface area contributed by atoms with Crippen molar-refractivity contribution in [1.82, 2.24) is 0 Å². The molecule has 0 saturated carbocycles. The van der Waals surface area contributed by atoms with Crippen LogP contribution in [0.2, 0.25) is 5.31 Å². The third-order valence-corrected chi connectivity index (χ3v) is 0. The topological polar surface area (TPSA) is 0 Å². The fourth-order valence-electron chi connectivity index (χ4n) is 0. The Kier molecular flexibility index (Phi) is 76.8. The standard InChI is InChI=1S/CH3.Bi.Mo.Pd.3H/h1H3;;;;;;. The van der Waals surface area contributed by atoms with Gasteiger partial charge in [0.1, 0.15) is 0 Å². The van der Waals surface area contributed by atoms with Crippen LogP contribution < -0.4 is 0 Å². The summed E-state index contributed by atoms with van der Waals surface area (Å²) in [5.41, 5.74) is 0. The Hall–Kier alpha value is 2.23. The molecule has 0 saturated heterocycles. The monoisotopic (exact) mass is 431 g/mol. The Morgan fingerprint density at radius 2 is 1.25 bits per heavy atom. The van der Waals surface area contributed by atoms with E-state index in [1.165, 1.54) is 0 Å². The molecule has 0 fully saturated rings. The van der Waals surface area contributed by atoms with E-state index >= 15 is 0 Å². The Balaban J connectivity index is -0.00000000500. The van der Waals surface area contributed by atoms with Crippen LogP contribution in [0.25, 0.3) is 0 Å². The van der Waals surface area contributed by atoms with Crippen molar-refractivity contribution in [2.24, 2.45) is 0 Å². The summed E-state index contributed by atoms with van der Waals surface area (Å²) < 4.78 is 0. The van der Waals surface area contributed by atoms with Crippen molar-refractivity contribution < 1.29 is 40.2 Å². The van der Waals surface area contributed by atoms with Crippen LogP contribution in [0.3, 0.4) is 0 Å². The Bertz CT molecular complexity index is 8.00. The zero-order valence-electron chi connectivity index (χ0n) is 2.43. The van der Waals surface area contributed by atoms with Gasteiger partial charge < -0.3 is 0 Å².